The first kappa shape index (κ1) is 13.7. The first-order chi connectivity index (χ1) is 10.1. The number of sulfonamides is 1. The van der Waals surface area contributed by atoms with Crippen LogP contribution in [0.1, 0.15) is 5.56 Å². The van der Waals surface area contributed by atoms with Crippen LogP contribution in [-0.4, -0.2) is 30.5 Å². The molecule has 1 aromatic heterocycles. The highest BCUT2D eigenvalue weighted by atomic mass is 32.2. The molecule has 0 fully saturated rings. The van der Waals surface area contributed by atoms with Gasteiger partial charge >= 0.3 is 0 Å². The van der Waals surface area contributed by atoms with Gasteiger partial charge in [0.25, 0.3) is 0 Å². The Morgan fingerprint density at radius 1 is 1.10 bits per heavy atom. The fraction of sp³-hybridized carbons (Fsp3) is 0.143. The average Bonchev–Trinajstić information content (AvgIpc) is 2.92. The van der Waals surface area contributed by atoms with Gasteiger partial charge in [0, 0.05) is 0 Å². The van der Waals surface area contributed by atoms with Crippen molar-refractivity contribution in [1.82, 2.24) is 19.7 Å². The topological polar surface area (TPSA) is 76.9 Å². The van der Waals surface area contributed by atoms with Gasteiger partial charge < -0.3 is 0 Å². The SMILES string of the molecule is CNS(=O)(=O)Cc1ccc(-n2nnc3ccccc32)cc1. The zero-order chi connectivity index (χ0) is 14.9. The molecule has 1 heterocycles. The summed E-state index contributed by atoms with van der Waals surface area (Å²) in [5.41, 5.74) is 3.29. The van der Waals surface area contributed by atoms with E-state index in [4.69, 9.17) is 0 Å². The Morgan fingerprint density at radius 3 is 2.52 bits per heavy atom. The van der Waals surface area contributed by atoms with Gasteiger partial charge in [-0.3, -0.25) is 0 Å². The standard InChI is InChI=1S/C14H14N4O2S/c1-15-21(19,20)10-11-6-8-12(9-7-11)18-14-5-3-2-4-13(14)16-17-18/h2-9,15H,10H2,1H3. The molecule has 21 heavy (non-hydrogen) atoms. The fourth-order valence-corrected chi connectivity index (χ4v) is 2.86. The summed E-state index contributed by atoms with van der Waals surface area (Å²) in [6.45, 7) is 0. The molecule has 3 rings (SSSR count). The van der Waals surface area contributed by atoms with E-state index in [-0.39, 0.29) is 5.75 Å². The van der Waals surface area contributed by atoms with E-state index in [0.29, 0.717) is 0 Å². The van der Waals surface area contributed by atoms with E-state index in [2.05, 4.69) is 15.0 Å². The molecule has 0 saturated carbocycles. The molecule has 3 aromatic rings. The van der Waals surface area contributed by atoms with Crippen LogP contribution in [0, 0.1) is 0 Å². The maximum Gasteiger partial charge on any atom is 0.215 e. The van der Waals surface area contributed by atoms with E-state index >= 15 is 0 Å². The second-order valence-electron chi connectivity index (χ2n) is 4.62. The lowest BCUT2D eigenvalue weighted by molar-refractivity contribution is 0.587. The normalized spacial score (nSPS) is 11.9. The van der Waals surface area contributed by atoms with Crippen molar-refractivity contribution in [3.8, 4) is 5.69 Å². The molecule has 0 amide bonds. The number of hydrogen-bond acceptors (Lipinski definition) is 4. The lowest BCUT2D eigenvalue weighted by Crippen LogP contribution is -2.20. The van der Waals surface area contributed by atoms with Crippen molar-refractivity contribution in [1.29, 1.82) is 0 Å². The highest BCUT2D eigenvalue weighted by molar-refractivity contribution is 7.88. The number of aromatic nitrogens is 3. The van der Waals surface area contributed by atoms with Crippen LogP contribution in [0.4, 0.5) is 0 Å². The summed E-state index contributed by atoms with van der Waals surface area (Å²) in [6.07, 6.45) is 0. The maximum atomic E-state index is 11.5. The van der Waals surface area contributed by atoms with Crippen LogP contribution in [0.25, 0.3) is 16.7 Å². The van der Waals surface area contributed by atoms with Crippen LogP contribution in [0.5, 0.6) is 0 Å². The molecule has 0 radical (unpaired) electrons. The zero-order valence-corrected chi connectivity index (χ0v) is 12.2. The predicted octanol–water partition coefficient (Wildman–Crippen LogP) is 1.47. The molecule has 0 bridgehead atoms. The van der Waals surface area contributed by atoms with Gasteiger partial charge in [0.2, 0.25) is 10.0 Å². The van der Waals surface area contributed by atoms with Crippen LogP contribution < -0.4 is 4.72 Å². The summed E-state index contributed by atoms with van der Waals surface area (Å²) >= 11 is 0. The van der Waals surface area contributed by atoms with E-state index in [1.54, 1.807) is 16.8 Å². The van der Waals surface area contributed by atoms with Gasteiger partial charge in [-0.25, -0.2) is 17.8 Å². The number of nitrogens with one attached hydrogen (secondary N) is 1. The Kier molecular flexibility index (Phi) is 3.44. The third kappa shape index (κ3) is 2.79. The molecule has 0 atom stereocenters. The molecule has 6 nitrogen and oxygen atoms in total. The van der Waals surface area contributed by atoms with Gasteiger partial charge in [0.1, 0.15) is 5.52 Å². The summed E-state index contributed by atoms with van der Waals surface area (Å²) in [4.78, 5) is 0. The minimum Gasteiger partial charge on any atom is -0.218 e. The second kappa shape index (κ2) is 5.27. The zero-order valence-electron chi connectivity index (χ0n) is 11.4. The second-order valence-corrected chi connectivity index (χ2v) is 6.55. The third-order valence-electron chi connectivity index (χ3n) is 3.20. The number of rotatable bonds is 4. The van der Waals surface area contributed by atoms with E-state index in [0.717, 1.165) is 22.3 Å². The summed E-state index contributed by atoms with van der Waals surface area (Å²) in [7, 11) is -1.85. The first-order valence-corrected chi connectivity index (χ1v) is 8.05. The molecule has 0 aliphatic carbocycles. The largest absolute Gasteiger partial charge is 0.218 e. The van der Waals surface area contributed by atoms with Crippen molar-refractivity contribution in [2.45, 2.75) is 5.75 Å². The Morgan fingerprint density at radius 2 is 1.81 bits per heavy atom. The minimum atomic E-state index is -3.26. The third-order valence-corrected chi connectivity index (χ3v) is 4.54. The van der Waals surface area contributed by atoms with Gasteiger partial charge in [-0.2, -0.15) is 0 Å². The van der Waals surface area contributed by atoms with E-state index < -0.39 is 10.0 Å². The lowest BCUT2D eigenvalue weighted by atomic mass is 10.2. The molecule has 7 heteroatoms. The Balaban J connectivity index is 1.94. The first-order valence-electron chi connectivity index (χ1n) is 6.40. The van der Waals surface area contributed by atoms with E-state index in [9.17, 15) is 8.42 Å². The number of hydrogen-bond donors (Lipinski definition) is 1. The number of benzene rings is 2. The number of fused-ring (bicyclic) bond motifs is 1. The van der Waals surface area contributed by atoms with Crippen molar-refractivity contribution in [3.63, 3.8) is 0 Å². The smallest absolute Gasteiger partial charge is 0.215 e. The highest BCUT2D eigenvalue weighted by Crippen LogP contribution is 2.17. The Hall–Kier alpha value is -2.25. The molecular weight excluding hydrogens is 288 g/mol. The summed E-state index contributed by atoms with van der Waals surface area (Å²) in [5.74, 6) is -0.0398. The van der Waals surface area contributed by atoms with Crippen LogP contribution in [0.2, 0.25) is 0 Å². The molecule has 0 saturated heterocycles. The Bertz CT molecular complexity index is 869. The monoisotopic (exact) mass is 302 g/mol. The van der Waals surface area contributed by atoms with Gasteiger partial charge in [0.15, 0.2) is 0 Å². The van der Waals surface area contributed by atoms with Gasteiger partial charge in [-0.15, -0.1) is 5.10 Å². The van der Waals surface area contributed by atoms with Crippen LogP contribution >= 0.6 is 0 Å². The number of nitrogens with zero attached hydrogens (tertiary/aromatic N) is 3. The van der Waals surface area contributed by atoms with E-state index in [1.165, 1.54) is 7.05 Å². The van der Waals surface area contributed by atoms with Crippen LogP contribution in [0.15, 0.2) is 48.5 Å². The summed E-state index contributed by atoms with van der Waals surface area (Å²) < 4.78 is 27.1. The predicted molar refractivity (Wildman–Crippen MR) is 80.5 cm³/mol. The quantitative estimate of drug-likeness (QED) is 0.791. The molecule has 1 N–H and O–H groups in total. The molecule has 0 spiro atoms. The van der Waals surface area contributed by atoms with Crippen molar-refractivity contribution >= 4 is 21.1 Å². The van der Waals surface area contributed by atoms with Crippen molar-refractivity contribution < 1.29 is 8.42 Å². The molecule has 0 aliphatic rings. The molecule has 0 unspecified atom stereocenters. The molecule has 0 aliphatic heterocycles. The molecule has 2 aromatic carbocycles. The average molecular weight is 302 g/mol. The van der Waals surface area contributed by atoms with Gasteiger partial charge in [-0.1, -0.05) is 29.5 Å². The maximum absolute atomic E-state index is 11.5. The van der Waals surface area contributed by atoms with E-state index in [1.807, 2.05) is 36.4 Å². The molecular formula is C14H14N4O2S. The van der Waals surface area contributed by atoms with Crippen LogP contribution in [0.3, 0.4) is 0 Å². The molecule has 108 valence electrons. The Labute approximate surface area is 122 Å². The summed E-state index contributed by atoms with van der Waals surface area (Å²) in [6, 6.07) is 14.9. The van der Waals surface area contributed by atoms with Crippen molar-refractivity contribution in [2.24, 2.45) is 0 Å². The highest BCUT2D eigenvalue weighted by Gasteiger charge is 2.09. The minimum absolute atomic E-state index is 0.0398. The lowest BCUT2D eigenvalue weighted by Gasteiger charge is -2.05. The fourth-order valence-electron chi connectivity index (χ4n) is 2.08. The van der Waals surface area contributed by atoms with Gasteiger partial charge in [0.05, 0.1) is 17.0 Å². The van der Waals surface area contributed by atoms with Crippen molar-refractivity contribution in [3.05, 3.63) is 54.1 Å². The van der Waals surface area contributed by atoms with Crippen LogP contribution in [-0.2, 0) is 15.8 Å². The number of para-hydroxylation sites is 1. The summed E-state index contributed by atoms with van der Waals surface area (Å²) in [5, 5.41) is 8.22. The van der Waals surface area contributed by atoms with Gasteiger partial charge in [-0.05, 0) is 36.9 Å². The van der Waals surface area contributed by atoms with Crippen molar-refractivity contribution in [2.75, 3.05) is 7.05 Å².